The van der Waals surface area contributed by atoms with Gasteiger partial charge >= 0.3 is 0 Å². The van der Waals surface area contributed by atoms with Crippen LogP contribution in [-0.4, -0.2) is 29.4 Å². The third-order valence-electron chi connectivity index (χ3n) is 0. The van der Waals surface area contributed by atoms with Crippen LogP contribution in [0.4, 0.5) is 0 Å². The van der Waals surface area contributed by atoms with Crippen LogP contribution in [0.3, 0.4) is 0 Å². The zero-order valence-corrected chi connectivity index (χ0v) is 9.85. The van der Waals surface area contributed by atoms with Crippen molar-refractivity contribution in [3.63, 3.8) is 0 Å². The Kier molecular flexibility index (Phi) is 49.4. The standard InChI is InChI=1S/3H4NO2P.2H3N/c3*1-4(2)3;;/h3*2-3H,1H2;2*1H3. The molecule has 0 aliphatic rings. The van der Waals surface area contributed by atoms with Crippen LogP contribution in [0.2, 0.25) is 0 Å². The zero-order chi connectivity index (χ0) is 10.7. The first-order valence-corrected chi connectivity index (χ1v) is 5.92. The molecule has 14 heteroatoms. The van der Waals surface area contributed by atoms with E-state index in [1.807, 2.05) is 0 Å². The van der Waals surface area contributed by atoms with Gasteiger partial charge in [0.15, 0.2) is 0 Å². The molecule has 0 rings (SSSR count). The Balaban J connectivity index is -0.0000000270. The van der Waals surface area contributed by atoms with E-state index < -0.39 is 25.6 Å². The minimum absolute atomic E-state index is 0. The Morgan fingerprint density at radius 1 is 0.500 bits per heavy atom. The molecule has 0 radical (unpaired) electrons. The average Bonchev–Trinajstić information content (AvgIpc) is 1.54. The van der Waals surface area contributed by atoms with Crippen molar-refractivity contribution in [3.05, 3.63) is 0 Å². The van der Waals surface area contributed by atoms with Crippen molar-refractivity contribution in [2.24, 2.45) is 16.5 Å². The van der Waals surface area contributed by atoms with Crippen molar-refractivity contribution >= 4 is 25.6 Å². The molecule has 0 fully saturated rings. The Labute approximate surface area is 84.6 Å². The quantitative estimate of drug-likeness (QED) is 0.211. The minimum Gasteiger partial charge on any atom is -0.344 e. The summed E-state index contributed by atoms with van der Waals surface area (Å²) < 4.78 is 0. The number of rotatable bonds is 0. The molecule has 18 N–H and O–H groups in total. The first kappa shape index (κ1) is 29.4. The van der Waals surface area contributed by atoms with E-state index in [4.69, 9.17) is 29.4 Å². The molecule has 0 saturated heterocycles. The van der Waals surface area contributed by atoms with Crippen molar-refractivity contribution in [2.75, 3.05) is 0 Å². The molecular weight excluding hydrogens is 259 g/mol. The SMILES string of the molecule is N.N.NP(O)O.NP(O)O.NP(O)O. The molecule has 0 aromatic carbocycles. The molecule has 0 spiro atoms. The lowest BCUT2D eigenvalue weighted by Gasteiger charge is -1.79. The summed E-state index contributed by atoms with van der Waals surface area (Å²) in [6, 6.07) is 0. The second kappa shape index (κ2) is 23.6. The zero-order valence-electron chi connectivity index (χ0n) is 7.17. The number of hydrogen-bond donors (Lipinski definition) is 11. The van der Waals surface area contributed by atoms with Crippen LogP contribution in [0, 0.1) is 0 Å². The van der Waals surface area contributed by atoms with Gasteiger partial charge in [0.05, 0.1) is 0 Å². The molecule has 0 aliphatic carbocycles. The fourth-order valence-corrected chi connectivity index (χ4v) is 0. The number of nitrogens with two attached hydrogens (primary N) is 3. The van der Waals surface area contributed by atoms with E-state index in [2.05, 4.69) is 16.5 Å². The van der Waals surface area contributed by atoms with Gasteiger partial charge in [0.25, 0.3) is 0 Å². The monoisotopic (exact) mass is 277 g/mol. The molecular formula is H18N5O6P3. The smallest absolute Gasteiger partial charge is 0.247 e. The van der Waals surface area contributed by atoms with Crippen LogP contribution in [0.1, 0.15) is 0 Å². The second-order valence-electron chi connectivity index (χ2n) is 0.961. The lowest BCUT2D eigenvalue weighted by Crippen LogP contribution is -1.78. The fraction of sp³-hybridized carbons (Fsp3) is 0. The van der Waals surface area contributed by atoms with Crippen molar-refractivity contribution in [1.29, 1.82) is 0 Å². The maximum absolute atomic E-state index is 7.45. The average molecular weight is 277 g/mol. The lowest BCUT2D eigenvalue weighted by molar-refractivity contribution is 0.483. The van der Waals surface area contributed by atoms with Gasteiger partial charge in [-0.1, -0.05) is 0 Å². The number of hydrogen-bond acceptors (Lipinski definition) is 11. The summed E-state index contributed by atoms with van der Waals surface area (Å²) in [5.41, 5.74) is 12.9. The Morgan fingerprint density at radius 3 is 0.500 bits per heavy atom. The first-order valence-electron chi connectivity index (χ1n) is 1.97. The molecule has 0 aromatic rings. The molecule has 0 aromatic heterocycles. The highest BCUT2D eigenvalue weighted by molar-refractivity contribution is 7.42. The Bertz CT molecular complexity index is 50.0. The third kappa shape index (κ3) is 2500. The summed E-state index contributed by atoms with van der Waals surface area (Å²) in [5.74, 6) is 0. The molecule has 0 atom stereocenters. The van der Waals surface area contributed by atoms with Crippen molar-refractivity contribution in [1.82, 2.24) is 12.3 Å². The van der Waals surface area contributed by atoms with Gasteiger partial charge < -0.3 is 41.7 Å². The summed E-state index contributed by atoms with van der Waals surface area (Å²) in [7, 11) is -6.36. The topological polar surface area (TPSA) is 269 Å². The summed E-state index contributed by atoms with van der Waals surface area (Å²) in [6.07, 6.45) is 0. The lowest BCUT2D eigenvalue weighted by atomic mass is 13.9. The molecule has 0 heterocycles. The Morgan fingerprint density at radius 2 is 0.500 bits per heavy atom. The van der Waals surface area contributed by atoms with Crippen molar-refractivity contribution < 1.29 is 29.4 Å². The largest absolute Gasteiger partial charge is 0.344 e. The van der Waals surface area contributed by atoms with Gasteiger partial charge in [0.2, 0.25) is 25.6 Å². The predicted octanol–water partition coefficient (Wildman–Crippen LogP) is -2.21. The summed E-state index contributed by atoms with van der Waals surface area (Å²) in [4.78, 5) is 44.7. The van der Waals surface area contributed by atoms with E-state index in [1.54, 1.807) is 0 Å². The molecule has 0 aliphatic heterocycles. The van der Waals surface area contributed by atoms with Gasteiger partial charge in [0.1, 0.15) is 0 Å². The van der Waals surface area contributed by atoms with Gasteiger partial charge in [-0.05, 0) is 0 Å². The fourth-order valence-electron chi connectivity index (χ4n) is 0. The van der Waals surface area contributed by atoms with Gasteiger partial charge in [-0.3, -0.25) is 16.5 Å². The normalized spacial score (nSPS) is 7.71. The van der Waals surface area contributed by atoms with E-state index in [-0.39, 0.29) is 12.3 Å². The van der Waals surface area contributed by atoms with Crippen molar-refractivity contribution in [2.45, 2.75) is 0 Å². The predicted molar refractivity (Wildman–Crippen MR) is 56.7 cm³/mol. The summed E-state index contributed by atoms with van der Waals surface area (Å²) >= 11 is 0. The summed E-state index contributed by atoms with van der Waals surface area (Å²) in [5, 5.41) is 0. The van der Waals surface area contributed by atoms with Gasteiger partial charge in [-0.25, -0.2) is 0 Å². The van der Waals surface area contributed by atoms with Crippen molar-refractivity contribution in [3.8, 4) is 0 Å². The van der Waals surface area contributed by atoms with Crippen LogP contribution in [0.5, 0.6) is 0 Å². The maximum Gasteiger partial charge on any atom is 0.247 e. The molecule has 14 heavy (non-hydrogen) atoms. The Hall–Kier alpha value is 0.850. The van der Waals surface area contributed by atoms with E-state index >= 15 is 0 Å². The molecule has 94 valence electrons. The molecule has 0 saturated carbocycles. The molecule has 0 bridgehead atoms. The van der Waals surface area contributed by atoms with Crippen LogP contribution in [-0.2, 0) is 0 Å². The van der Waals surface area contributed by atoms with E-state index in [1.165, 1.54) is 0 Å². The van der Waals surface area contributed by atoms with E-state index in [0.717, 1.165) is 0 Å². The second-order valence-corrected chi connectivity index (χ2v) is 2.88. The minimum atomic E-state index is -2.12. The highest BCUT2D eigenvalue weighted by atomic mass is 31.2. The van der Waals surface area contributed by atoms with Gasteiger partial charge in [-0.15, -0.1) is 0 Å². The van der Waals surface area contributed by atoms with Gasteiger partial charge in [0, 0.05) is 0 Å². The van der Waals surface area contributed by atoms with Gasteiger partial charge in [-0.2, -0.15) is 0 Å². The third-order valence-corrected chi connectivity index (χ3v) is 0. The van der Waals surface area contributed by atoms with Crippen LogP contribution >= 0.6 is 25.6 Å². The van der Waals surface area contributed by atoms with E-state index in [9.17, 15) is 0 Å². The van der Waals surface area contributed by atoms with E-state index in [0.29, 0.717) is 0 Å². The molecule has 0 amide bonds. The summed E-state index contributed by atoms with van der Waals surface area (Å²) in [6.45, 7) is 0. The first-order chi connectivity index (χ1) is 5.20. The molecule has 0 unspecified atom stereocenters. The highest BCUT2D eigenvalue weighted by Gasteiger charge is 1.73. The van der Waals surface area contributed by atoms with Crippen LogP contribution in [0.15, 0.2) is 0 Å². The molecule has 11 nitrogen and oxygen atoms in total. The highest BCUT2D eigenvalue weighted by Crippen LogP contribution is 2.05. The van der Waals surface area contributed by atoms with Crippen LogP contribution < -0.4 is 28.8 Å². The maximum atomic E-state index is 7.45. The van der Waals surface area contributed by atoms with Crippen LogP contribution in [0.25, 0.3) is 0 Å².